The topological polar surface area (TPSA) is 60.9 Å². The second kappa shape index (κ2) is 8.52. The monoisotopic (exact) mass is 426 g/mol. The number of fused-ring (bicyclic) bond motifs is 1. The van der Waals surface area contributed by atoms with Crippen LogP contribution in [0.25, 0.3) is 10.2 Å². The van der Waals surface area contributed by atoms with Crippen LogP contribution in [0, 0.1) is 13.8 Å². The molecule has 1 aliphatic heterocycles. The van der Waals surface area contributed by atoms with Crippen molar-refractivity contribution in [3.05, 3.63) is 47.0 Å². The Morgan fingerprint density at radius 3 is 2.27 bits per heavy atom. The Bertz CT molecular complexity index is 1010. The van der Waals surface area contributed by atoms with E-state index in [1.807, 2.05) is 4.90 Å². The Hall–Kier alpha value is -2.80. The lowest BCUT2D eigenvalue weighted by molar-refractivity contribution is 0.0595. The molecule has 0 aliphatic carbocycles. The number of rotatable bonds is 5. The molecule has 0 N–H and O–H groups in total. The number of aromatic nitrogens is 1. The smallest absolute Gasteiger partial charge is 0.274 e. The summed E-state index contributed by atoms with van der Waals surface area (Å²) in [5.74, 6) is 1.20. The molecule has 30 heavy (non-hydrogen) atoms. The molecule has 3 aromatic rings. The molecule has 7 heteroatoms. The SMILES string of the molecule is COc1cc(OC)cc(C(=O)N2CCC(Oc3nc4c(C)ccc(C)c4s3)CC2)c1. The highest BCUT2D eigenvalue weighted by Gasteiger charge is 2.26. The predicted molar refractivity (Wildman–Crippen MR) is 118 cm³/mol. The molecular weight excluding hydrogens is 400 g/mol. The molecule has 158 valence electrons. The molecule has 0 bridgehead atoms. The van der Waals surface area contributed by atoms with Gasteiger partial charge in [0, 0.05) is 37.6 Å². The third-order valence-corrected chi connectivity index (χ3v) is 6.60. The summed E-state index contributed by atoms with van der Waals surface area (Å²) >= 11 is 1.60. The summed E-state index contributed by atoms with van der Waals surface area (Å²) in [5.41, 5.74) is 3.98. The molecule has 2 heterocycles. The Morgan fingerprint density at radius 2 is 1.67 bits per heavy atom. The number of methoxy groups -OCH3 is 2. The van der Waals surface area contributed by atoms with Crippen molar-refractivity contribution in [2.75, 3.05) is 27.3 Å². The maximum Gasteiger partial charge on any atom is 0.274 e. The Kier molecular flexibility index (Phi) is 5.81. The van der Waals surface area contributed by atoms with Gasteiger partial charge in [-0.3, -0.25) is 4.79 Å². The van der Waals surface area contributed by atoms with E-state index in [0.717, 1.165) is 23.9 Å². The number of carbonyl (C=O) groups excluding carboxylic acids is 1. The molecule has 0 atom stereocenters. The first kappa shape index (κ1) is 20.5. The molecule has 1 aliphatic rings. The van der Waals surface area contributed by atoms with Gasteiger partial charge in [-0.15, -0.1) is 0 Å². The molecule has 1 fully saturated rings. The molecule has 0 saturated carbocycles. The Morgan fingerprint density at radius 1 is 1.03 bits per heavy atom. The highest BCUT2D eigenvalue weighted by molar-refractivity contribution is 7.20. The summed E-state index contributed by atoms with van der Waals surface area (Å²) in [6.07, 6.45) is 1.62. The van der Waals surface area contributed by atoms with Crippen LogP contribution < -0.4 is 14.2 Å². The number of likely N-dealkylation sites (tertiary alicyclic amines) is 1. The van der Waals surface area contributed by atoms with Gasteiger partial charge < -0.3 is 19.1 Å². The van der Waals surface area contributed by atoms with E-state index >= 15 is 0 Å². The number of amides is 1. The van der Waals surface area contributed by atoms with E-state index in [4.69, 9.17) is 19.2 Å². The first-order valence-corrected chi connectivity index (χ1v) is 10.9. The lowest BCUT2D eigenvalue weighted by Gasteiger charge is -2.31. The van der Waals surface area contributed by atoms with E-state index in [1.165, 1.54) is 10.3 Å². The highest BCUT2D eigenvalue weighted by atomic mass is 32.1. The van der Waals surface area contributed by atoms with Crippen LogP contribution in [0.4, 0.5) is 0 Å². The van der Waals surface area contributed by atoms with Crippen molar-refractivity contribution in [3.8, 4) is 16.7 Å². The molecule has 1 aromatic heterocycles. The van der Waals surface area contributed by atoms with Gasteiger partial charge >= 0.3 is 0 Å². The van der Waals surface area contributed by atoms with E-state index in [9.17, 15) is 4.79 Å². The molecule has 1 saturated heterocycles. The van der Waals surface area contributed by atoms with Crippen molar-refractivity contribution in [3.63, 3.8) is 0 Å². The van der Waals surface area contributed by atoms with Crippen molar-refractivity contribution < 1.29 is 19.0 Å². The van der Waals surface area contributed by atoms with Gasteiger partial charge in [0.05, 0.1) is 24.4 Å². The van der Waals surface area contributed by atoms with Crippen molar-refractivity contribution in [2.24, 2.45) is 0 Å². The molecular formula is C23H26N2O4S. The second-order valence-electron chi connectivity index (χ2n) is 7.57. The number of piperidine rings is 1. The molecule has 6 nitrogen and oxygen atoms in total. The summed E-state index contributed by atoms with van der Waals surface area (Å²) in [6, 6.07) is 9.48. The molecule has 0 radical (unpaired) electrons. The van der Waals surface area contributed by atoms with Crippen molar-refractivity contribution >= 4 is 27.5 Å². The molecule has 0 spiro atoms. The first-order chi connectivity index (χ1) is 14.5. The lowest BCUT2D eigenvalue weighted by Crippen LogP contribution is -2.41. The standard InChI is InChI=1S/C23H26N2O4S/c1-14-5-6-15(2)21-20(14)24-23(30-21)29-17-7-9-25(10-8-17)22(26)16-11-18(27-3)13-19(12-16)28-4/h5-6,11-13,17H,7-10H2,1-4H3. The summed E-state index contributed by atoms with van der Waals surface area (Å²) in [6.45, 7) is 5.46. The van der Waals surface area contributed by atoms with E-state index in [1.54, 1.807) is 43.8 Å². The fraction of sp³-hybridized carbons (Fsp3) is 0.391. The predicted octanol–water partition coefficient (Wildman–Crippen LogP) is 4.61. The minimum atomic E-state index is -0.0168. The van der Waals surface area contributed by atoms with Crippen LogP contribution in [0.15, 0.2) is 30.3 Å². The fourth-order valence-corrected chi connectivity index (χ4v) is 4.75. The number of carbonyl (C=O) groups is 1. The van der Waals surface area contributed by atoms with Crippen molar-refractivity contribution in [1.82, 2.24) is 9.88 Å². The third kappa shape index (κ3) is 4.07. The normalized spacial score (nSPS) is 14.7. The zero-order valence-corrected chi connectivity index (χ0v) is 18.5. The van der Waals surface area contributed by atoms with E-state index in [0.29, 0.717) is 35.3 Å². The first-order valence-electron chi connectivity index (χ1n) is 10.0. The van der Waals surface area contributed by atoms with E-state index in [-0.39, 0.29) is 12.0 Å². The highest BCUT2D eigenvalue weighted by Crippen LogP contribution is 2.34. The van der Waals surface area contributed by atoms with Crippen molar-refractivity contribution in [2.45, 2.75) is 32.8 Å². The van der Waals surface area contributed by atoms with Crippen LogP contribution in [0.1, 0.15) is 34.3 Å². The average molecular weight is 427 g/mol. The molecule has 4 rings (SSSR count). The minimum absolute atomic E-state index is 0.0168. The van der Waals surface area contributed by atoms with Gasteiger partial charge in [-0.1, -0.05) is 23.5 Å². The maximum atomic E-state index is 13.0. The maximum absolute atomic E-state index is 13.0. The lowest BCUT2D eigenvalue weighted by atomic mass is 10.1. The number of thiazole rings is 1. The van der Waals surface area contributed by atoms with Gasteiger partial charge in [-0.05, 0) is 37.1 Å². The number of hydrogen-bond donors (Lipinski definition) is 0. The van der Waals surface area contributed by atoms with Crippen LogP contribution >= 0.6 is 11.3 Å². The Balaban J connectivity index is 1.41. The number of hydrogen-bond acceptors (Lipinski definition) is 6. The zero-order valence-electron chi connectivity index (χ0n) is 17.7. The van der Waals surface area contributed by atoms with Gasteiger partial charge in [-0.2, -0.15) is 0 Å². The van der Waals surface area contributed by atoms with Crippen LogP contribution in [0.2, 0.25) is 0 Å². The third-order valence-electron chi connectivity index (χ3n) is 5.52. The van der Waals surface area contributed by atoms with Crippen LogP contribution in [0.5, 0.6) is 16.7 Å². The Labute approximate surface area is 180 Å². The summed E-state index contributed by atoms with van der Waals surface area (Å²) in [5, 5.41) is 0.713. The van der Waals surface area contributed by atoms with E-state index in [2.05, 4.69) is 26.0 Å². The fourth-order valence-electron chi connectivity index (χ4n) is 3.72. The minimum Gasteiger partial charge on any atom is -0.497 e. The van der Waals surface area contributed by atoms with E-state index < -0.39 is 0 Å². The average Bonchev–Trinajstić information content (AvgIpc) is 3.21. The second-order valence-corrected chi connectivity index (χ2v) is 8.53. The summed E-state index contributed by atoms with van der Waals surface area (Å²) in [7, 11) is 3.16. The van der Waals surface area contributed by atoms with Gasteiger partial charge in [-0.25, -0.2) is 4.98 Å². The van der Waals surface area contributed by atoms with Gasteiger partial charge in [0.15, 0.2) is 0 Å². The molecule has 1 amide bonds. The van der Waals surface area contributed by atoms with Crippen LogP contribution in [-0.4, -0.2) is 49.2 Å². The quantitative estimate of drug-likeness (QED) is 0.596. The zero-order chi connectivity index (χ0) is 21.3. The van der Waals surface area contributed by atoms with Gasteiger partial charge in [0.1, 0.15) is 17.6 Å². The van der Waals surface area contributed by atoms with Crippen LogP contribution in [-0.2, 0) is 0 Å². The molecule has 2 aromatic carbocycles. The molecule has 0 unspecified atom stereocenters. The van der Waals surface area contributed by atoms with Crippen LogP contribution in [0.3, 0.4) is 0 Å². The number of ether oxygens (including phenoxy) is 3. The van der Waals surface area contributed by atoms with Gasteiger partial charge in [0.2, 0.25) is 0 Å². The largest absolute Gasteiger partial charge is 0.497 e. The number of benzene rings is 2. The number of nitrogens with zero attached hydrogens (tertiary/aromatic N) is 2. The number of aryl methyl sites for hydroxylation is 2. The van der Waals surface area contributed by atoms with Gasteiger partial charge in [0.25, 0.3) is 11.1 Å². The van der Waals surface area contributed by atoms with Crippen molar-refractivity contribution in [1.29, 1.82) is 0 Å². The summed E-state index contributed by atoms with van der Waals surface area (Å²) in [4.78, 5) is 19.5. The summed E-state index contributed by atoms with van der Waals surface area (Å²) < 4.78 is 17.9.